The molecule has 0 saturated carbocycles. The third-order valence-electron chi connectivity index (χ3n) is 6.52. The summed E-state index contributed by atoms with van der Waals surface area (Å²) in [5, 5.41) is 0. The zero-order chi connectivity index (χ0) is 25.0. The van der Waals surface area contributed by atoms with Gasteiger partial charge in [0, 0.05) is 0 Å². The molecule has 3 rings (SSSR count). The van der Waals surface area contributed by atoms with Crippen molar-refractivity contribution in [1.82, 2.24) is 0 Å². The highest BCUT2D eigenvalue weighted by Crippen LogP contribution is 2.40. The van der Waals surface area contributed by atoms with Crippen LogP contribution < -0.4 is 4.90 Å². The first kappa shape index (κ1) is 25.7. The summed E-state index contributed by atoms with van der Waals surface area (Å²) in [4.78, 5) is 41.7. The number of ether oxygens (including phenoxy) is 1. The standard InChI is InChI=1S/C29H37NO4/c1-7-8-9-10-11-17-34-29(33)24-20(6)15-16-23-25(24)28(32)30(27(23)31)26-21(18(2)3)13-12-14-22(26)19(4)5/h12-16,18-19H,7-11,17H2,1-6H3. The number of rotatable bonds is 10. The minimum atomic E-state index is -0.533. The average molecular weight is 464 g/mol. The lowest BCUT2D eigenvalue weighted by Crippen LogP contribution is -2.32. The quantitative estimate of drug-likeness (QED) is 0.213. The Morgan fingerprint density at radius 1 is 0.882 bits per heavy atom. The van der Waals surface area contributed by atoms with Crippen LogP contribution in [0.25, 0.3) is 0 Å². The van der Waals surface area contributed by atoms with Crippen LogP contribution in [0, 0.1) is 6.92 Å². The Morgan fingerprint density at radius 2 is 1.50 bits per heavy atom. The van der Waals surface area contributed by atoms with Crippen molar-refractivity contribution in [3.05, 3.63) is 63.7 Å². The predicted octanol–water partition coefficient (Wildman–Crippen LogP) is 7.17. The first-order valence-corrected chi connectivity index (χ1v) is 12.5. The van der Waals surface area contributed by atoms with Gasteiger partial charge >= 0.3 is 5.97 Å². The number of amides is 2. The molecular weight excluding hydrogens is 426 g/mol. The van der Waals surface area contributed by atoms with E-state index >= 15 is 0 Å². The fraction of sp³-hybridized carbons (Fsp3) is 0.483. The summed E-state index contributed by atoms with van der Waals surface area (Å²) in [5.74, 6) is -1.12. The van der Waals surface area contributed by atoms with Crippen LogP contribution >= 0.6 is 0 Å². The molecule has 5 nitrogen and oxygen atoms in total. The van der Waals surface area contributed by atoms with Gasteiger partial charge in [0.25, 0.3) is 11.8 Å². The molecule has 0 spiro atoms. The molecule has 0 bridgehead atoms. The number of para-hydroxylation sites is 1. The number of unbranched alkanes of at least 4 members (excludes halogenated alkanes) is 4. The Kier molecular flexibility index (Phi) is 8.29. The normalized spacial score (nSPS) is 13.2. The highest BCUT2D eigenvalue weighted by molar-refractivity contribution is 6.36. The summed E-state index contributed by atoms with van der Waals surface area (Å²) in [7, 11) is 0. The van der Waals surface area contributed by atoms with Crippen LogP contribution in [-0.2, 0) is 4.74 Å². The summed E-state index contributed by atoms with van der Waals surface area (Å²) in [5.41, 5.74) is 3.79. The minimum absolute atomic E-state index is 0.122. The van der Waals surface area contributed by atoms with Gasteiger partial charge in [-0.05, 0) is 47.9 Å². The molecule has 0 radical (unpaired) electrons. The van der Waals surface area contributed by atoms with Gasteiger partial charge in [0.05, 0.1) is 29.0 Å². The summed E-state index contributed by atoms with van der Waals surface area (Å²) in [6.07, 6.45) is 5.23. The van der Waals surface area contributed by atoms with Crippen LogP contribution in [0.4, 0.5) is 5.69 Å². The van der Waals surface area contributed by atoms with E-state index in [1.165, 1.54) is 11.3 Å². The van der Waals surface area contributed by atoms with Gasteiger partial charge in [-0.2, -0.15) is 0 Å². The second-order valence-electron chi connectivity index (χ2n) is 9.77. The largest absolute Gasteiger partial charge is 0.462 e. The number of imide groups is 1. The second-order valence-corrected chi connectivity index (χ2v) is 9.77. The van der Waals surface area contributed by atoms with Crippen molar-refractivity contribution in [3.8, 4) is 0 Å². The number of aryl methyl sites for hydroxylation is 1. The van der Waals surface area contributed by atoms with E-state index in [4.69, 9.17) is 4.74 Å². The molecule has 0 fully saturated rings. The van der Waals surface area contributed by atoms with Gasteiger partial charge < -0.3 is 4.74 Å². The van der Waals surface area contributed by atoms with Crippen molar-refractivity contribution in [2.45, 2.75) is 85.5 Å². The molecule has 1 aliphatic rings. The van der Waals surface area contributed by atoms with E-state index in [1.54, 1.807) is 19.1 Å². The molecule has 0 N–H and O–H groups in total. The molecule has 0 aliphatic carbocycles. The van der Waals surface area contributed by atoms with Crippen LogP contribution in [0.2, 0.25) is 0 Å². The monoisotopic (exact) mass is 463 g/mol. The van der Waals surface area contributed by atoms with Gasteiger partial charge in [-0.15, -0.1) is 0 Å². The maximum atomic E-state index is 13.8. The number of hydrogen-bond acceptors (Lipinski definition) is 4. The van der Waals surface area contributed by atoms with Crippen LogP contribution in [0.1, 0.15) is 126 Å². The third kappa shape index (κ3) is 4.94. The number of nitrogens with zero attached hydrogens (tertiary/aromatic N) is 1. The fourth-order valence-electron chi connectivity index (χ4n) is 4.61. The highest BCUT2D eigenvalue weighted by atomic mass is 16.5. The summed E-state index contributed by atoms with van der Waals surface area (Å²) >= 11 is 0. The summed E-state index contributed by atoms with van der Waals surface area (Å²) < 4.78 is 5.54. The second kappa shape index (κ2) is 11.0. The molecule has 0 atom stereocenters. The SMILES string of the molecule is CCCCCCCOC(=O)c1c(C)ccc2c1C(=O)N(c1c(C(C)C)cccc1C(C)C)C2=O. The number of benzene rings is 2. The van der Waals surface area contributed by atoms with Gasteiger partial charge in [-0.25, -0.2) is 9.69 Å². The highest BCUT2D eigenvalue weighted by Gasteiger charge is 2.42. The lowest BCUT2D eigenvalue weighted by molar-refractivity contribution is 0.0494. The zero-order valence-electron chi connectivity index (χ0n) is 21.4. The van der Waals surface area contributed by atoms with E-state index in [0.717, 1.165) is 36.8 Å². The van der Waals surface area contributed by atoms with Crippen LogP contribution in [0.5, 0.6) is 0 Å². The van der Waals surface area contributed by atoms with Gasteiger partial charge in [0.2, 0.25) is 0 Å². The van der Waals surface area contributed by atoms with E-state index in [0.29, 0.717) is 17.9 Å². The molecule has 1 heterocycles. The van der Waals surface area contributed by atoms with E-state index < -0.39 is 11.9 Å². The Bertz CT molecular complexity index is 1060. The maximum Gasteiger partial charge on any atom is 0.339 e. The fourth-order valence-corrected chi connectivity index (χ4v) is 4.61. The Morgan fingerprint density at radius 3 is 2.09 bits per heavy atom. The molecule has 5 heteroatoms. The van der Waals surface area contributed by atoms with Crippen molar-refractivity contribution in [3.63, 3.8) is 0 Å². The van der Waals surface area contributed by atoms with E-state index in [2.05, 4.69) is 34.6 Å². The molecular formula is C29H37NO4. The molecule has 2 aromatic carbocycles. The zero-order valence-corrected chi connectivity index (χ0v) is 21.4. The minimum Gasteiger partial charge on any atom is -0.462 e. The molecule has 0 saturated heterocycles. The van der Waals surface area contributed by atoms with E-state index in [9.17, 15) is 14.4 Å². The summed E-state index contributed by atoms with van der Waals surface area (Å²) in [6, 6.07) is 9.28. The van der Waals surface area contributed by atoms with Crippen LogP contribution in [0.3, 0.4) is 0 Å². The number of hydrogen-bond donors (Lipinski definition) is 0. The number of carbonyl (C=O) groups is 3. The lowest BCUT2D eigenvalue weighted by atomic mass is 9.92. The maximum absolute atomic E-state index is 13.8. The van der Waals surface area contributed by atoms with Gasteiger partial charge in [0.1, 0.15) is 0 Å². The van der Waals surface area contributed by atoms with Crippen molar-refractivity contribution >= 4 is 23.5 Å². The predicted molar refractivity (Wildman–Crippen MR) is 136 cm³/mol. The smallest absolute Gasteiger partial charge is 0.339 e. The first-order valence-electron chi connectivity index (χ1n) is 12.5. The number of anilines is 1. The lowest BCUT2D eigenvalue weighted by Gasteiger charge is -2.25. The first-order chi connectivity index (χ1) is 16.2. The summed E-state index contributed by atoms with van der Waals surface area (Å²) in [6.45, 7) is 12.4. The molecule has 0 aromatic heterocycles. The number of esters is 1. The van der Waals surface area contributed by atoms with E-state index in [-0.39, 0.29) is 34.4 Å². The molecule has 2 aromatic rings. The van der Waals surface area contributed by atoms with Crippen LogP contribution in [-0.4, -0.2) is 24.4 Å². The Balaban J connectivity index is 1.99. The van der Waals surface area contributed by atoms with Gasteiger partial charge in [0.15, 0.2) is 0 Å². The third-order valence-corrected chi connectivity index (χ3v) is 6.52. The molecule has 1 aliphatic heterocycles. The molecule has 0 unspecified atom stereocenters. The molecule has 34 heavy (non-hydrogen) atoms. The molecule has 182 valence electrons. The van der Waals surface area contributed by atoms with Crippen molar-refractivity contribution in [1.29, 1.82) is 0 Å². The Labute approximate surface area is 203 Å². The topological polar surface area (TPSA) is 63.7 Å². The number of carbonyl (C=O) groups excluding carboxylic acids is 3. The van der Waals surface area contributed by atoms with Crippen molar-refractivity contribution < 1.29 is 19.1 Å². The van der Waals surface area contributed by atoms with Gasteiger partial charge in [-0.1, -0.05) is 84.6 Å². The Hall–Kier alpha value is -2.95. The van der Waals surface area contributed by atoms with Crippen LogP contribution in [0.15, 0.2) is 30.3 Å². The van der Waals surface area contributed by atoms with Crippen molar-refractivity contribution in [2.24, 2.45) is 0 Å². The van der Waals surface area contributed by atoms with Crippen molar-refractivity contribution in [2.75, 3.05) is 11.5 Å². The number of fused-ring (bicyclic) bond motifs is 1. The van der Waals surface area contributed by atoms with Gasteiger partial charge in [-0.3, -0.25) is 9.59 Å². The van der Waals surface area contributed by atoms with E-state index in [1.807, 2.05) is 18.2 Å². The average Bonchev–Trinajstić information content (AvgIpc) is 3.04. The molecule has 2 amide bonds.